The van der Waals surface area contributed by atoms with Crippen LogP contribution in [0.15, 0.2) is 30.9 Å². The van der Waals surface area contributed by atoms with Gasteiger partial charge in [0, 0.05) is 80.4 Å². The van der Waals surface area contributed by atoms with Crippen LogP contribution in [0.4, 0.5) is 4.79 Å². The number of allylic oxidation sites excluding steroid dienone is 1. The molecule has 0 unspecified atom stereocenters. The molecule has 0 radical (unpaired) electrons. The van der Waals surface area contributed by atoms with Crippen molar-refractivity contribution in [3.05, 3.63) is 47.7 Å². The van der Waals surface area contributed by atoms with Crippen LogP contribution < -0.4 is 0 Å². The molecule has 7 nitrogen and oxygen atoms in total. The highest BCUT2D eigenvalue weighted by molar-refractivity contribution is 5.99. The molecule has 3 aliphatic heterocycles. The summed E-state index contributed by atoms with van der Waals surface area (Å²) >= 11 is 0. The second kappa shape index (κ2) is 10.8. The first kappa shape index (κ1) is 26.8. The van der Waals surface area contributed by atoms with E-state index in [9.17, 15) is 9.59 Å². The maximum atomic E-state index is 13.4. The number of nitrogens with zero attached hydrogens (tertiary/aromatic N) is 4. The van der Waals surface area contributed by atoms with Crippen LogP contribution >= 0.6 is 0 Å². The Hall–Kier alpha value is -2.80. The number of fused-ring (bicyclic) bond motifs is 3. The van der Waals surface area contributed by atoms with Gasteiger partial charge in [-0.1, -0.05) is 13.0 Å². The topological polar surface area (TPSA) is 58.0 Å². The van der Waals surface area contributed by atoms with Gasteiger partial charge >= 0.3 is 6.09 Å². The lowest BCUT2D eigenvalue weighted by molar-refractivity contribution is 0.0133. The highest BCUT2D eigenvalue weighted by Crippen LogP contribution is 2.34. The van der Waals surface area contributed by atoms with Gasteiger partial charge in [0.05, 0.1) is 0 Å². The van der Waals surface area contributed by atoms with Crippen molar-refractivity contribution in [1.82, 2.24) is 19.3 Å². The lowest BCUT2D eigenvalue weighted by Gasteiger charge is -2.40. The molecule has 38 heavy (non-hydrogen) atoms. The summed E-state index contributed by atoms with van der Waals surface area (Å²) in [6, 6.07) is 6.74. The normalized spacial score (nSPS) is 20.0. The molecule has 2 aromatic rings. The van der Waals surface area contributed by atoms with Crippen molar-refractivity contribution in [2.45, 2.75) is 84.5 Å². The molecular formula is C31H44N4O3. The smallest absolute Gasteiger partial charge is 0.410 e. The zero-order chi connectivity index (χ0) is 27.0. The van der Waals surface area contributed by atoms with Gasteiger partial charge in [0.2, 0.25) is 0 Å². The van der Waals surface area contributed by atoms with Crippen LogP contribution in [0, 0.1) is 5.92 Å². The Morgan fingerprint density at radius 1 is 1.03 bits per heavy atom. The van der Waals surface area contributed by atoms with E-state index in [0.717, 1.165) is 83.5 Å². The van der Waals surface area contributed by atoms with Crippen molar-refractivity contribution in [2.24, 2.45) is 5.92 Å². The van der Waals surface area contributed by atoms with Crippen molar-refractivity contribution in [3.8, 4) is 0 Å². The number of rotatable bonds is 4. The van der Waals surface area contributed by atoms with Gasteiger partial charge < -0.3 is 19.1 Å². The molecule has 3 aliphatic rings. The van der Waals surface area contributed by atoms with Crippen LogP contribution in [0.25, 0.3) is 10.9 Å². The van der Waals surface area contributed by atoms with Crippen LogP contribution in [0.3, 0.4) is 0 Å². The lowest BCUT2D eigenvalue weighted by atomic mass is 9.96. The van der Waals surface area contributed by atoms with E-state index >= 15 is 0 Å². The number of carbonyl (C=O) groups excluding carboxylic acids is 2. The maximum Gasteiger partial charge on any atom is 0.410 e. The summed E-state index contributed by atoms with van der Waals surface area (Å²) in [6.45, 7) is 17.8. The summed E-state index contributed by atoms with van der Waals surface area (Å²) in [6.07, 6.45) is 6.82. The van der Waals surface area contributed by atoms with Crippen molar-refractivity contribution in [3.63, 3.8) is 0 Å². The van der Waals surface area contributed by atoms with Gasteiger partial charge in [0.1, 0.15) is 5.60 Å². The van der Waals surface area contributed by atoms with Crippen molar-refractivity contribution < 1.29 is 14.3 Å². The molecule has 7 heteroatoms. The highest BCUT2D eigenvalue weighted by atomic mass is 16.6. The molecule has 0 aliphatic carbocycles. The van der Waals surface area contributed by atoms with Gasteiger partial charge in [0.15, 0.2) is 0 Å². The van der Waals surface area contributed by atoms with E-state index in [2.05, 4.69) is 35.1 Å². The maximum absolute atomic E-state index is 13.4. The number of carbonyl (C=O) groups is 2. The Morgan fingerprint density at radius 3 is 2.37 bits per heavy atom. The number of hydrogen-bond acceptors (Lipinski definition) is 4. The fourth-order valence-electron chi connectivity index (χ4n) is 6.39. The minimum absolute atomic E-state index is 0.159. The SMILES string of the molecule is C=CCn1c2c(c3cc(C(=O)N4CCC(C)CC4)ccc31)CN(C1CCN(C(=O)OC(C)(C)C)CC1)CC2. The van der Waals surface area contributed by atoms with E-state index in [-0.39, 0.29) is 12.0 Å². The van der Waals surface area contributed by atoms with Crippen LogP contribution in [0.1, 0.15) is 75.0 Å². The van der Waals surface area contributed by atoms with Crippen LogP contribution in [-0.4, -0.2) is 75.6 Å². The zero-order valence-corrected chi connectivity index (χ0v) is 23.7. The van der Waals surface area contributed by atoms with Gasteiger partial charge in [0.25, 0.3) is 5.91 Å². The highest BCUT2D eigenvalue weighted by Gasteiger charge is 2.33. The third-order valence-electron chi connectivity index (χ3n) is 8.55. The van der Waals surface area contributed by atoms with E-state index in [4.69, 9.17) is 4.74 Å². The van der Waals surface area contributed by atoms with E-state index in [0.29, 0.717) is 12.0 Å². The quantitative estimate of drug-likeness (QED) is 0.503. The van der Waals surface area contributed by atoms with Crippen LogP contribution in [0.5, 0.6) is 0 Å². The predicted molar refractivity (Wildman–Crippen MR) is 151 cm³/mol. The van der Waals surface area contributed by atoms with Gasteiger partial charge in [-0.2, -0.15) is 0 Å². The summed E-state index contributed by atoms with van der Waals surface area (Å²) in [7, 11) is 0. The van der Waals surface area contributed by atoms with Gasteiger partial charge in [-0.05, 0) is 76.1 Å². The number of likely N-dealkylation sites (tertiary alicyclic amines) is 2. The molecule has 0 N–H and O–H groups in total. The summed E-state index contributed by atoms with van der Waals surface area (Å²) in [5.74, 6) is 0.856. The first-order chi connectivity index (χ1) is 18.1. The van der Waals surface area contributed by atoms with Gasteiger partial charge in [-0.25, -0.2) is 4.79 Å². The van der Waals surface area contributed by atoms with E-state index in [1.807, 2.05) is 42.7 Å². The number of aromatic nitrogens is 1. The molecule has 1 aromatic carbocycles. The minimum atomic E-state index is -0.469. The Labute approximate surface area is 227 Å². The molecule has 2 amide bonds. The van der Waals surface area contributed by atoms with Crippen LogP contribution in [-0.2, 0) is 24.2 Å². The van der Waals surface area contributed by atoms with E-state index < -0.39 is 5.60 Å². The summed E-state index contributed by atoms with van der Waals surface area (Å²) in [5, 5.41) is 1.20. The third-order valence-corrected chi connectivity index (χ3v) is 8.55. The Bertz CT molecular complexity index is 1190. The first-order valence-electron chi connectivity index (χ1n) is 14.4. The van der Waals surface area contributed by atoms with Crippen LogP contribution in [0.2, 0.25) is 0 Å². The van der Waals surface area contributed by atoms with Crippen molar-refractivity contribution >= 4 is 22.9 Å². The van der Waals surface area contributed by atoms with Crippen molar-refractivity contribution in [1.29, 1.82) is 0 Å². The molecule has 5 rings (SSSR count). The number of hydrogen-bond donors (Lipinski definition) is 0. The predicted octanol–water partition coefficient (Wildman–Crippen LogP) is 5.46. The summed E-state index contributed by atoms with van der Waals surface area (Å²) in [4.78, 5) is 32.4. The Balaban J connectivity index is 1.34. The largest absolute Gasteiger partial charge is 0.444 e. The minimum Gasteiger partial charge on any atom is -0.444 e. The molecule has 1 aromatic heterocycles. The number of piperidine rings is 2. The monoisotopic (exact) mass is 520 g/mol. The molecule has 0 saturated carbocycles. The molecule has 0 bridgehead atoms. The summed E-state index contributed by atoms with van der Waals surface area (Å²) in [5.41, 5.74) is 4.25. The average molecular weight is 521 g/mol. The fourth-order valence-corrected chi connectivity index (χ4v) is 6.39. The molecule has 206 valence electrons. The molecule has 4 heterocycles. The average Bonchev–Trinajstić information content (AvgIpc) is 3.20. The van der Waals surface area contributed by atoms with Gasteiger partial charge in [-0.3, -0.25) is 9.69 Å². The Kier molecular flexibility index (Phi) is 7.58. The number of ether oxygens (including phenoxy) is 1. The standard InChI is InChI=1S/C31H44N4O3/c1-6-14-35-27-8-7-23(29(36)32-15-9-22(2)10-16-32)20-25(27)26-21-34(19-13-28(26)35)24-11-17-33(18-12-24)30(37)38-31(3,4)5/h6-8,20,22,24H,1,9-19,21H2,2-5H3. The zero-order valence-electron chi connectivity index (χ0n) is 23.7. The second-order valence-corrected chi connectivity index (χ2v) is 12.5. The fraction of sp³-hybridized carbons (Fsp3) is 0.613. The second-order valence-electron chi connectivity index (χ2n) is 12.5. The summed E-state index contributed by atoms with van der Waals surface area (Å²) < 4.78 is 7.98. The molecular weight excluding hydrogens is 476 g/mol. The molecule has 0 atom stereocenters. The Morgan fingerprint density at radius 2 is 1.71 bits per heavy atom. The van der Waals surface area contributed by atoms with E-state index in [1.54, 1.807) is 0 Å². The molecule has 2 fully saturated rings. The van der Waals surface area contributed by atoms with E-state index in [1.165, 1.54) is 22.2 Å². The lowest BCUT2D eigenvalue weighted by Crippen LogP contribution is -2.49. The third kappa shape index (κ3) is 5.49. The first-order valence-corrected chi connectivity index (χ1v) is 14.4. The molecule has 2 saturated heterocycles. The molecule has 0 spiro atoms. The number of amides is 2. The van der Waals surface area contributed by atoms with Crippen molar-refractivity contribution in [2.75, 3.05) is 32.7 Å². The number of benzene rings is 1. The van der Waals surface area contributed by atoms with Gasteiger partial charge in [-0.15, -0.1) is 6.58 Å².